The molecular formula is C15H24N2. The first-order valence-corrected chi connectivity index (χ1v) is 6.40. The first-order valence-electron chi connectivity index (χ1n) is 6.40. The van der Waals surface area contributed by atoms with Crippen LogP contribution in [0.3, 0.4) is 0 Å². The Hall–Kier alpha value is -0.860. The van der Waals surface area contributed by atoms with Crippen LogP contribution in [0.4, 0.5) is 0 Å². The molecule has 0 aromatic heterocycles. The molecular weight excluding hydrogens is 208 g/mol. The molecule has 0 radical (unpaired) electrons. The highest BCUT2D eigenvalue weighted by molar-refractivity contribution is 5.34. The van der Waals surface area contributed by atoms with Gasteiger partial charge in [-0.2, -0.15) is 0 Å². The molecule has 1 fully saturated rings. The summed E-state index contributed by atoms with van der Waals surface area (Å²) in [6.07, 6.45) is 0. The highest BCUT2D eigenvalue weighted by Crippen LogP contribution is 2.63. The molecule has 1 aromatic rings. The summed E-state index contributed by atoms with van der Waals surface area (Å²) in [7, 11) is 4.22. The Bertz CT molecular complexity index is 396. The lowest BCUT2D eigenvalue weighted by Crippen LogP contribution is -2.10. The fourth-order valence-corrected chi connectivity index (χ4v) is 3.10. The lowest BCUT2D eigenvalue weighted by atomic mass is 10.0. The van der Waals surface area contributed by atoms with E-state index in [1.54, 1.807) is 0 Å². The van der Waals surface area contributed by atoms with Crippen molar-refractivity contribution >= 4 is 0 Å². The molecule has 2 rings (SSSR count). The molecule has 0 saturated heterocycles. The topological polar surface area (TPSA) is 29.3 Å². The largest absolute Gasteiger partial charge is 0.330 e. The molecule has 2 atom stereocenters. The van der Waals surface area contributed by atoms with Crippen molar-refractivity contribution in [2.75, 3.05) is 20.6 Å². The number of hydrogen-bond acceptors (Lipinski definition) is 2. The van der Waals surface area contributed by atoms with E-state index >= 15 is 0 Å². The molecule has 1 aliphatic rings. The molecule has 1 saturated carbocycles. The zero-order valence-electron chi connectivity index (χ0n) is 11.4. The van der Waals surface area contributed by atoms with E-state index in [2.05, 4.69) is 57.1 Å². The fourth-order valence-electron chi connectivity index (χ4n) is 3.10. The molecule has 0 spiro atoms. The first-order chi connectivity index (χ1) is 7.96. The minimum absolute atomic E-state index is 0.380. The van der Waals surface area contributed by atoms with E-state index in [1.165, 1.54) is 11.1 Å². The first kappa shape index (κ1) is 12.6. The summed E-state index contributed by atoms with van der Waals surface area (Å²) in [6.45, 7) is 6.46. The lowest BCUT2D eigenvalue weighted by Gasteiger charge is -2.11. The van der Waals surface area contributed by atoms with E-state index in [-0.39, 0.29) is 0 Å². The van der Waals surface area contributed by atoms with Gasteiger partial charge in [0.2, 0.25) is 0 Å². The summed E-state index contributed by atoms with van der Waals surface area (Å²) >= 11 is 0. The van der Waals surface area contributed by atoms with E-state index in [4.69, 9.17) is 5.73 Å². The van der Waals surface area contributed by atoms with E-state index in [9.17, 15) is 0 Å². The molecule has 94 valence electrons. The molecule has 2 N–H and O–H groups in total. The van der Waals surface area contributed by atoms with Crippen molar-refractivity contribution in [2.45, 2.75) is 26.3 Å². The Morgan fingerprint density at radius 3 is 2.53 bits per heavy atom. The molecule has 0 heterocycles. The summed E-state index contributed by atoms with van der Waals surface area (Å²) < 4.78 is 0. The summed E-state index contributed by atoms with van der Waals surface area (Å²) in [5.41, 5.74) is 9.09. The third-order valence-corrected chi connectivity index (χ3v) is 4.11. The highest BCUT2D eigenvalue weighted by Gasteiger charge is 2.57. The zero-order valence-corrected chi connectivity index (χ0v) is 11.4. The van der Waals surface area contributed by atoms with E-state index in [1.807, 2.05) is 0 Å². The van der Waals surface area contributed by atoms with Crippen LogP contribution in [0.5, 0.6) is 0 Å². The van der Waals surface area contributed by atoms with Gasteiger partial charge in [-0.05, 0) is 49.0 Å². The molecule has 2 heteroatoms. The van der Waals surface area contributed by atoms with Crippen LogP contribution >= 0.6 is 0 Å². The minimum Gasteiger partial charge on any atom is -0.330 e. The van der Waals surface area contributed by atoms with Crippen molar-refractivity contribution in [1.82, 2.24) is 4.90 Å². The SMILES string of the molecule is CN(C)Cc1cccc([C@@H]2[C@@H](CN)C2(C)C)c1. The molecule has 0 amide bonds. The van der Waals surface area contributed by atoms with Crippen molar-refractivity contribution in [3.8, 4) is 0 Å². The molecule has 0 bridgehead atoms. The summed E-state index contributed by atoms with van der Waals surface area (Å²) in [6, 6.07) is 8.98. The molecule has 2 nitrogen and oxygen atoms in total. The second-order valence-electron chi connectivity index (χ2n) is 6.12. The number of nitrogens with two attached hydrogens (primary N) is 1. The summed E-state index contributed by atoms with van der Waals surface area (Å²) in [5, 5.41) is 0. The predicted octanol–water partition coefficient (Wildman–Crippen LogP) is 2.45. The van der Waals surface area contributed by atoms with Gasteiger partial charge < -0.3 is 10.6 Å². The average molecular weight is 232 g/mol. The Morgan fingerprint density at radius 1 is 1.29 bits per heavy atom. The smallest absolute Gasteiger partial charge is 0.0227 e. The van der Waals surface area contributed by atoms with Gasteiger partial charge in [0.25, 0.3) is 0 Å². The van der Waals surface area contributed by atoms with Crippen LogP contribution in [-0.4, -0.2) is 25.5 Å². The highest BCUT2D eigenvalue weighted by atomic mass is 15.0. The Balaban J connectivity index is 2.18. The maximum atomic E-state index is 5.85. The van der Waals surface area contributed by atoms with Crippen LogP contribution in [-0.2, 0) is 6.54 Å². The van der Waals surface area contributed by atoms with E-state index in [0.29, 0.717) is 17.3 Å². The van der Waals surface area contributed by atoms with Gasteiger partial charge in [0, 0.05) is 6.54 Å². The third kappa shape index (κ3) is 2.38. The Labute approximate surface area is 105 Å². The van der Waals surface area contributed by atoms with Crippen LogP contribution in [0.15, 0.2) is 24.3 Å². The van der Waals surface area contributed by atoms with E-state index in [0.717, 1.165) is 13.1 Å². The van der Waals surface area contributed by atoms with Crippen LogP contribution in [0.25, 0.3) is 0 Å². The fraction of sp³-hybridized carbons (Fsp3) is 0.600. The Morgan fingerprint density at radius 2 is 2.00 bits per heavy atom. The van der Waals surface area contributed by atoms with Gasteiger partial charge in [-0.3, -0.25) is 0 Å². The average Bonchev–Trinajstić information content (AvgIpc) is 2.79. The van der Waals surface area contributed by atoms with Crippen molar-refractivity contribution in [3.63, 3.8) is 0 Å². The molecule has 1 aliphatic carbocycles. The standard InChI is InChI=1S/C15H24N2/c1-15(2)13(9-16)14(15)12-7-5-6-11(8-12)10-17(3)4/h5-8,13-14H,9-10,16H2,1-4H3/t13-,14-/m1/s1. The van der Waals surface area contributed by atoms with Gasteiger partial charge in [-0.1, -0.05) is 38.1 Å². The number of benzene rings is 1. The maximum Gasteiger partial charge on any atom is 0.0227 e. The van der Waals surface area contributed by atoms with Gasteiger partial charge in [-0.25, -0.2) is 0 Å². The van der Waals surface area contributed by atoms with Crippen LogP contribution in [0.1, 0.15) is 30.9 Å². The van der Waals surface area contributed by atoms with Crippen molar-refractivity contribution in [1.29, 1.82) is 0 Å². The van der Waals surface area contributed by atoms with Crippen LogP contribution < -0.4 is 5.73 Å². The molecule has 0 unspecified atom stereocenters. The second kappa shape index (κ2) is 4.43. The quantitative estimate of drug-likeness (QED) is 0.864. The number of hydrogen-bond donors (Lipinski definition) is 1. The van der Waals surface area contributed by atoms with Gasteiger partial charge in [0.15, 0.2) is 0 Å². The van der Waals surface area contributed by atoms with Gasteiger partial charge >= 0.3 is 0 Å². The predicted molar refractivity (Wildman–Crippen MR) is 72.9 cm³/mol. The lowest BCUT2D eigenvalue weighted by molar-refractivity contribution is 0.402. The Kier molecular flexibility index (Phi) is 3.28. The van der Waals surface area contributed by atoms with Gasteiger partial charge in [0.1, 0.15) is 0 Å². The zero-order chi connectivity index (χ0) is 12.6. The van der Waals surface area contributed by atoms with E-state index < -0.39 is 0 Å². The van der Waals surface area contributed by atoms with Crippen LogP contribution in [0, 0.1) is 11.3 Å². The maximum absolute atomic E-state index is 5.85. The molecule has 0 aliphatic heterocycles. The normalized spacial score (nSPS) is 26.2. The third-order valence-electron chi connectivity index (χ3n) is 4.11. The van der Waals surface area contributed by atoms with Crippen LogP contribution in [0.2, 0.25) is 0 Å². The second-order valence-corrected chi connectivity index (χ2v) is 6.12. The summed E-state index contributed by atoms with van der Waals surface area (Å²) in [4.78, 5) is 2.21. The van der Waals surface area contributed by atoms with Crippen molar-refractivity contribution in [3.05, 3.63) is 35.4 Å². The van der Waals surface area contributed by atoms with Crippen molar-refractivity contribution in [2.24, 2.45) is 17.1 Å². The number of nitrogens with zero attached hydrogens (tertiary/aromatic N) is 1. The molecule has 17 heavy (non-hydrogen) atoms. The molecule has 1 aromatic carbocycles. The van der Waals surface area contributed by atoms with Crippen molar-refractivity contribution < 1.29 is 0 Å². The summed E-state index contributed by atoms with van der Waals surface area (Å²) in [5.74, 6) is 1.30. The number of rotatable bonds is 4. The minimum atomic E-state index is 0.380. The van der Waals surface area contributed by atoms with Gasteiger partial charge in [0.05, 0.1) is 0 Å². The monoisotopic (exact) mass is 232 g/mol. The van der Waals surface area contributed by atoms with Gasteiger partial charge in [-0.15, -0.1) is 0 Å².